The van der Waals surface area contributed by atoms with Crippen molar-refractivity contribution in [1.82, 2.24) is 21.3 Å². The van der Waals surface area contributed by atoms with Gasteiger partial charge in [-0.2, -0.15) is 0 Å². The van der Waals surface area contributed by atoms with E-state index in [1.54, 1.807) is 0 Å². The Bertz CT molecular complexity index is 193. The van der Waals surface area contributed by atoms with Crippen molar-refractivity contribution in [3.05, 3.63) is 0 Å². The van der Waals surface area contributed by atoms with Gasteiger partial charge in [0.25, 0.3) is 0 Å². The second kappa shape index (κ2) is 8.90. The SMILES string of the molecule is CC(C)(C)NCCNC(C)(C)C.CC1CNCCN1. The van der Waals surface area contributed by atoms with Crippen molar-refractivity contribution in [3.8, 4) is 0 Å². The molecule has 1 fully saturated rings. The fourth-order valence-electron chi connectivity index (χ4n) is 1.67. The fourth-order valence-corrected chi connectivity index (χ4v) is 1.67. The van der Waals surface area contributed by atoms with Gasteiger partial charge in [0, 0.05) is 49.8 Å². The van der Waals surface area contributed by atoms with Gasteiger partial charge < -0.3 is 21.3 Å². The van der Waals surface area contributed by atoms with E-state index in [9.17, 15) is 0 Å². The molecule has 0 aliphatic carbocycles. The summed E-state index contributed by atoms with van der Waals surface area (Å²) in [5, 5.41) is 13.5. The predicted molar refractivity (Wildman–Crippen MR) is 85.8 cm³/mol. The summed E-state index contributed by atoms with van der Waals surface area (Å²) in [5.74, 6) is 0. The molecule has 0 aromatic carbocycles. The van der Waals surface area contributed by atoms with E-state index in [4.69, 9.17) is 0 Å². The molecule has 0 bridgehead atoms. The van der Waals surface area contributed by atoms with Gasteiger partial charge in [-0.05, 0) is 48.5 Å². The van der Waals surface area contributed by atoms with Crippen LogP contribution >= 0.6 is 0 Å². The first-order valence-electron chi connectivity index (χ1n) is 7.54. The van der Waals surface area contributed by atoms with Crippen LogP contribution in [-0.4, -0.2) is 49.8 Å². The van der Waals surface area contributed by atoms with E-state index in [0.717, 1.165) is 32.7 Å². The molecule has 1 aliphatic rings. The maximum absolute atomic E-state index is 3.43. The lowest BCUT2D eigenvalue weighted by Crippen LogP contribution is -2.46. The van der Waals surface area contributed by atoms with Crippen LogP contribution in [0.25, 0.3) is 0 Å². The standard InChI is InChI=1S/C10H24N2.C5H12N2/c1-9(2,3)11-7-8-12-10(4,5)6;1-5-4-6-2-3-7-5/h11-12H,7-8H2,1-6H3;5-7H,2-4H2,1H3. The molecule has 4 N–H and O–H groups in total. The minimum atomic E-state index is 0.236. The number of hydrogen-bond donors (Lipinski definition) is 4. The van der Waals surface area contributed by atoms with E-state index in [1.807, 2.05) is 0 Å². The van der Waals surface area contributed by atoms with E-state index < -0.39 is 0 Å². The highest BCUT2D eigenvalue weighted by Crippen LogP contribution is 1.98. The molecule has 1 atom stereocenters. The minimum Gasteiger partial charge on any atom is -0.314 e. The second-order valence-electron chi connectivity index (χ2n) is 7.41. The monoisotopic (exact) mass is 272 g/mol. The third-order valence-corrected chi connectivity index (χ3v) is 2.68. The first kappa shape index (κ1) is 18.8. The summed E-state index contributed by atoms with van der Waals surface area (Å²) in [7, 11) is 0. The van der Waals surface area contributed by atoms with Crippen LogP contribution in [0.15, 0.2) is 0 Å². The Kier molecular flexibility index (Phi) is 8.83. The molecule has 116 valence electrons. The fraction of sp³-hybridized carbons (Fsp3) is 1.00. The molecule has 4 nitrogen and oxygen atoms in total. The van der Waals surface area contributed by atoms with Crippen LogP contribution in [0.4, 0.5) is 0 Å². The first-order valence-corrected chi connectivity index (χ1v) is 7.54. The van der Waals surface area contributed by atoms with Crippen molar-refractivity contribution in [2.75, 3.05) is 32.7 Å². The van der Waals surface area contributed by atoms with E-state index in [2.05, 4.69) is 69.7 Å². The van der Waals surface area contributed by atoms with Crippen molar-refractivity contribution >= 4 is 0 Å². The largest absolute Gasteiger partial charge is 0.314 e. The molecular weight excluding hydrogens is 236 g/mol. The summed E-state index contributed by atoms with van der Waals surface area (Å²) in [4.78, 5) is 0. The minimum absolute atomic E-state index is 0.236. The summed E-state index contributed by atoms with van der Waals surface area (Å²) < 4.78 is 0. The Morgan fingerprint density at radius 1 is 0.895 bits per heavy atom. The Balaban J connectivity index is 0.000000388. The summed E-state index contributed by atoms with van der Waals surface area (Å²) in [6.07, 6.45) is 0. The molecule has 0 aromatic rings. The highest BCUT2D eigenvalue weighted by molar-refractivity contribution is 4.74. The van der Waals surface area contributed by atoms with Crippen LogP contribution in [0.5, 0.6) is 0 Å². The molecular formula is C15H36N4. The summed E-state index contributed by atoms with van der Waals surface area (Å²) >= 11 is 0. The predicted octanol–water partition coefficient (Wildman–Crippen LogP) is 1.33. The second-order valence-corrected chi connectivity index (χ2v) is 7.41. The lowest BCUT2D eigenvalue weighted by Gasteiger charge is -2.24. The molecule has 0 spiro atoms. The number of rotatable bonds is 3. The van der Waals surface area contributed by atoms with Gasteiger partial charge in [0.2, 0.25) is 0 Å². The van der Waals surface area contributed by atoms with E-state index >= 15 is 0 Å². The lowest BCUT2D eigenvalue weighted by atomic mass is 10.1. The van der Waals surface area contributed by atoms with Gasteiger partial charge in [-0.3, -0.25) is 0 Å². The highest BCUT2D eigenvalue weighted by atomic mass is 15.0. The zero-order valence-corrected chi connectivity index (χ0v) is 14.1. The average Bonchev–Trinajstić information content (AvgIpc) is 2.24. The number of piperazine rings is 1. The molecule has 1 saturated heterocycles. The van der Waals surface area contributed by atoms with Crippen LogP contribution in [0.2, 0.25) is 0 Å². The summed E-state index contributed by atoms with van der Waals surface area (Å²) in [6, 6.07) is 0.675. The van der Waals surface area contributed by atoms with Crippen LogP contribution in [0.3, 0.4) is 0 Å². The Morgan fingerprint density at radius 2 is 1.37 bits per heavy atom. The number of hydrogen-bond acceptors (Lipinski definition) is 4. The van der Waals surface area contributed by atoms with Crippen molar-refractivity contribution < 1.29 is 0 Å². The third kappa shape index (κ3) is 15.8. The Labute approximate surface area is 120 Å². The molecule has 0 radical (unpaired) electrons. The van der Waals surface area contributed by atoms with Gasteiger partial charge >= 0.3 is 0 Å². The molecule has 0 amide bonds. The topological polar surface area (TPSA) is 48.1 Å². The van der Waals surface area contributed by atoms with Gasteiger partial charge in [-0.25, -0.2) is 0 Å². The molecule has 19 heavy (non-hydrogen) atoms. The van der Waals surface area contributed by atoms with Gasteiger partial charge in [-0.1, -0.05) is 0 Å². The molecule has 4 heteroatoms. The van der Waals surface area contributed by atoms with Gasteiger partial charge in [0.1, 0.15) is 0 Å². The smallest absolute Gasteiger partial charge is 0.0164 e. The zero-order valence-electron chi connectivity index (χ0n) is 14.1. The molecule has 1 rings (SSSR count). The highest BCUT2D eigenvalue weighted by Gasteiger charge is 2.10. The Morgan fingerprint density at radius 3 is 1.58 bits per heavy atom. The average molecular weight is 272 g/mol. The maximum atomic E-state index is 3.43. The quantitative estimate of drug-likeness (QED) is 0.586. The van der Waals surface area contributed by atoms with Crippen molar-refractivity contribution in [2.45, 2.75) is 65.6 Å². The molecule has 1 heterocycles. The van der Waals surface area contributed by atoms with Crippen LogP contribution < -0.4 is 21.3 Å². The maximum Gasteiger partial charge on any atom is 0.0164 e. The van der Waals surface area contributed by atoms with Crippen molar-refractivity contribution in [2.24, 2.45) is 0 Å². The van der Waals surface area contributed by atoms with Crippen LogP contribution in [-0.2, 0) is 0 Å². The van der Waals surface area contributed by atoms with E-state index in [0.29, 0.717) is 6.04 Å². The third-order valence-electron chi connectivity index (χ3n) is 2.68. The van der Waals surface area contributed by atoms with Crippen molar-refractivity contribution in [1.29, 1.82) is 0 Å². The van der Waals surface area contributed by atoms with Crippen LogP contribution in [0.1, 0.15) is 48.5 Å². The van der Waals surface area contributed by atoms with E-state index in [1.165, 1.54) is 0 Å². The van der Waals surface area contributed by atoms with Gasteiger partial charge in [0.15, 0.2) is 0 Å². The van der Waals surface area contributed by atoms with Gasteiger partial charge in [0.05, 0.1) is 0 Å². The molecule has 0 saturated carbocycles. The zero-order chi connectivity index (χ0) is 14.9. The van der Waals surface area contributed by atoms with Crippen LogP contribution in [0, 0.1) is 0 Å². The van der Waals surface area contributed by atoms with E-state index in [-0.39, 0.29) is 11.1 Å². The lowest BCUT2D eigenvalue weighted by molar-refractivity contribution is 0.381. The van der Waals surface area contributed by atoms with Crippen molar-refractivity contribution in [3.63, 3.8) is 0 Å². The molecule has 0 aromatic heterocycles. The van der Waals surface area contributed by atoms with Gasteiger partial charge in [-0.15, -0.1) is 0 Å². The molecule has 1 unspecified atom stereocenters. The Hall–Kier alpha value is -0.160. The molecule has 1 aliphatic heterocycles. The summed E-state index contributed by atoms with van der Waals surface area (Å²) in [6.45, 7) is 20.7. The normalized spacial score (nSPS) is 20.7. The first-order chi connectivity index (χ1) is 8.60. The number of nitrogens with one attached hydrogen (secondary N) is 4. The summed E-state index contributed by atoms with van der Waals surface area (Å²) in [5.41, 5.74) is 0.471.